The Hall–Kier alpha value is -6.20. The Kier molecular flexibility index (Phi) is 10.0. The third kappa shape index (κ3) is 6.77. The Labute approximate surface area is 430 Å². The molecule has 12 rings (SSSR count). The van der Waals surface area contributed by atoms with Crippen LogP contribution < -0.4 is 25.5 Å². The zero-order valence-electron chi connectivity index (χ0n) is 45.8. The molecule has 4 heterocycles. The molecule has 0 N–H and O–H groups in total. The SMILES string of the molecule is Cc1cc(C(C)(C)C)ccc1N1B2c3cc(C(C)(C)C)cc4c3N(c3cc(N(c5ccc(C(C)(C)C)cc5)c5cccc(C(C)(C)C)c5)cc(c32)-c2ccc3oc5ccccc5c3c21)C1(C)CCCCC41C. The van der Waals surface area contributed by atoms with Gasteiger partial charge in [-0.3, -0.25) is 0 Å². The van der Waals surface area contributed by atoms with E-state index in [4.69, 9.17) is 4.42 Å². The summed E-state index contributed by atoms with van der Waals surface area (Å²) in [7, 11) is 0. The Morgan fingerprint density at radius 3 is 1.89 bits per heavy atom. The molecule has 366 valence electrons. The molecule has 0 radical (unpaired) electrons. The minimum Gasteiger partial charge on any atom is -0.456 e. The number of para-hydroxylation sites is 1. The van der Waals surface area contributed by atoms with Crippen LogP contribution in [0.25, 0.3) is 33.1 Å². The van der Waals surface area contributed by atoms with Gasteiger partial charge in [0, 0.05) is 56.2 Å². The summed E-state index contributed by atoms with van der Waals surface area (Å²) in [6.07, 6.45) is 4.75. The van der Waals surface area contributed by atoms with Crippen LogP contribution in [-0.4, -0.2) is 12.4 Å². The first-order valence-corrected chi connectivity index (χ1v) is 26.9. The highest BCUT2D eigenvalue weighted by atomic mass is 16.3. The van der Waals surface area contributed by atoms with E-state index in [2.05, 4.69) is 246 Å². The molecule has 0 amide bonds. The fourth-order valence-electron chi connectivity index (χ4n) is 13.5. The topological polar surface area (TPSA) is 22.9 Å². The average molecular weight is 948 g/mol. The normalized spacial score (nSPS) is 19.4. The minimum atomic E-state index is -0.151. The lowest BCUT2D eigenvalue weighted by Gasteiger charge is -2.53. The van der Waals surface area contributed by atoms with Crippen LogP contribution in [0.2, 0.25) is 0 Å². The highest BCUT2D eigenvalue weighted by molar-refractivity contribution is 6.94. The summed E-state index contributed by atoms with van der Waals surface area (Å²) in [5.74, 6) is 0. The van der Waals surface area contributed by atoms with E-state index in [1.807, 2.05) is 0 Å². The maximum Gasteiger partial charge on any atom is 0.333 e. The molecule has 3 aliphatic heterocycles. The van der Waals surface area contributed by atoms with Gasteiger partial charge in [0.2, 0.25) is 0 Å². The molecule has 8 aromatic rings. The van der Waals surface area contributed by atoms with Crippen LogP contribution in [0.4, 0.5) is 39.8 Å². The zero-order chi connectivity index (χ0) is 50.8. The lowest BCUT2D eigenvalue weighted by Crippen LogP contribution is -2.65. The lowest BCUT2D eigenvalue weighted by atomic mass is 9.43. The summed E-state index contributed by atoms with van der Waals surface area (Å²) < 4.78 is 6.87. The van der Waals surface area contributed by atoms with Gasteiger partial charge >= 0.3 is 6.85 Å². The van der Waals surface area contributed by atoms with Crippen molar-refractivity contribution >= 4 is 79.5 Å². The zero-order valence-corrected chi connectivity index (χ0v) is 45.8. The largest absolute Gasteiger partial charge is 0.456 e. The molecule has 1 aromatic heterocycles. The van der Waals surface area contributed by atoms with Gasteiger partial charge in [-0.05, 0) is 159 Å². The van der Waals surface area contributed by atoms with Crippen molar-refractivity contribution in [3.8, 4) is 11.1 Å². The van der Waals surface area contributed by atoms with Crippen LogP contribution in [0.3, 0.4) is 0 Å². The molecule has 0 saturated heterocycles. The molecule has 1 saturated carbocycles. The van der Waals surface area contributed by atoms with Crippen molar-refractivity contribution in [2.45, 2.75) is 162 Å². The van der Waals surface area contributed by atoms with Gasteiger partial charge in [0.05, 0.1) is 10.9 Å². The average Bonchev–Trinajstić information content (AvgIpc) is 3.80. The van der Waals surface area contributed by atoms with Gasteiger partial charge in [0.1, 0.15) is 11.2 Å². The molecular weight excluding hydrogens is 874 g/mol. The van der Waals surface area contributed by atoms with Gasteiger partial charge in [0.15, 0.2) is 0 Å². The van der Waals surface area contributed by atoms with Gasteiger partial charge in [-0.2, -0.15) is 0 Å². The molecule has 2 atom stereocenters. The summed E-state index contributed by atoms with van der Waals surface area (Å²) in [6.45, 7) is 35.6. The van der Waals surface area contributed by atoms with Crippen molar-refractivity contribution in [3.63, 3.8) is 0 Å². The molecule has 4 aliphatic rings. The fourth-order valence-corrected chi connectivity index (χ4v) is 13.5. The number of anilines is 7. The minimum absolute atomic E-state index is 0.00696. The Morgan fingerprint density at radius 2 is 1.19 bits per heavy atom. The third-order valence-corrected chi connectivity index (χ3v) is 17.9. The molecule has 1 fully saturated rings. The number of aryl methyl sites for hydroxylation is 1. The van der Waals surface area contributed by atoms with E-state index in [0.717, 1.165) is 35.1 Å². The van der Waals surface area contributed by atoms with Crippen molar-refractivity contribution in [3.05, 3.63) is 161 Å². The fraction of sp³-hybridized carbons (Fsp3) is 0.373. The van der Waals surface area contributed by atoms with Gasteiger partial charge < -0.3 is 19.0 Å². The van der Waals surface area contributed by atoms with Crippen molar-refractivity contribution < 1.29 is 4.42 Å². The van der Waals surface area contributed by atoms with E-state index >= 15 is 0 Å². The number of rotatable bonds is 4. The monoisotopic (exact) mass is 948 g/mol. The Balaban J connectivity index is 1.26. The molecule has 2 unspecified atom stereocenters. The second-order valence-corrected chi connectivity index (χ2v) is 26.7. The molecule has 0 spiro atoms. The maximum absolute atomic E-state index is 6.87. The summed E-state index contributed by atoms with van der Waals surface area (Å²) in [5, 5.41) is 2.32. The number of nitrogens with zero attached hydrogens (tertiary/aromatic N) is 3. The summed E-state index contributed by atoms with van der Waals surface area (Å²) in [4.78, 5) is 8.23. The first-order valence-electron chi connectivity index (χ1n) is 26.9. The first kappa shape index (κ1) is 46.8. The summed E-state index contributed by atoms with van der Waals surface area (Å²) in [6, 6.07) is 49.8. The van der Waals surface area contributed by atoms with Crippen LogP contribution in [0.15, 0.2) is 132 Å². The standard InChI is InChI=1S/C67H74BN3O/c1-41-35-44(64(8,9)10)27-31-54(41)71-60-49(30-32-57-58(60)50-23-16-17-24-56(50)72-57)51-39-48(69(46-28-25-42(26-29-46)62(2,3)4)47-22-20-21-43(36-47)63(5,6)7)40-55-59(51)68(71)53-38-45(65(11,12)13)37-52-61(53)70(55)67(15)34-19-18-33-66(52,67)14/h16-17,20-32,35-40H,18-19,33-34H2,1-15H3. The first-order chi connectivity index (χ1) is 33.9. The van der Waals surface area contributed by atoms with Gasteiger partial charge in [-0.25, -0.2) is 0 Å². The summed E-state index contributed by atoms with van der Waals surface area (Å²) in [5.41, 5.74) is 23.8. The van der Waals surface area contributed by atoms with Crippen LogP contribution in [0.1, 0.15) is 156 Å². The summed E-state index contributed by atoms with van der Waals surface area (Å²) >= 11 is 0. The molecule has 7 aromatic carbocycles. The van der Waals surface area contributed by atoms with E-state index in [-0.39, 0.29) is 39.5 Å². The van der Waals surface area contributed by atoms with Crippen LogP contribution in [-0.2, 0) is 27.1 Å². The molecular formula is C67H74BN3O. The van der Waals surface area contributed by atoms with Gasteiger partial charge in [-0.1, -0.05) is 170 Å². The highest BCUT2D eigenvalue weighted by Gasteiger charge is 2.62. The second-order valence-electron chi connectivity index (χ2n) is 26.7. The van der Waals surface area contributed by atoms with Crippen molar-refractivity contribution in [1.29, 1.82) is 0 Å². The van der Waals surface area contributed by atoms with Gasteiger partial charge in [0.25, 0.3) is 0 Å². The van der Waals surface area contributed by atoms with E-state index < -0.39 is 0 Å². The Bertz CT molecular complexity index is 3530. The number of benzene rings is 7. The van der Waals surface area contributed by atoms with E-state index in [1.54, 1.807) is 0 Å². The second kappa shape index (κ2) is 15.4. The number of hydrogen-bond acceptors (Lipinski definition) is 4. The molecule has 4 nitrogen and oxygen atoms in total. The Morgan fingerprint density at radius 1 is 0.528 bits per heavy atom. The van der Waals surface area contributed by atoms with Crippen molar-refractivity contribution in [2.75, 3.05) is 14.6 Å². The van der Waals surface area contributed by atoms with Crippen LogP contribution in [0, 0.1) is 6.92 Å². The molecule has 5 heteroatoms. The quantitative estimate of drug-likeness (QED) is 0.164. The predicted octanol–water partition coefficient (Wildman–Crippen LogP) is 17.5. The van der Waals surface area contributed by atoms with Crippen molar-refractivity contribution in [1.82, 2.24) is 0 Å². The smallest absolute Gasteiger partial charge is 0.333 e. The highest BCUT2D eigenvalue weighted by Crippen LogP contribution is 2.63. The lowest BCUT2D eigenvalue weighted by molar-refractivity contribution is 0.195. The third-order valence-electron chi connectivity index (χ3n) is 17.9. The van der Waals surface area contributed by atoms with Crippen molar-refractivity contribution in [2.24, 2.45) is 0 Å². The van der Waals surface area contributed by atoms with Crippen LogP contribution in [0.5, 0.6) is 0 Å². The number of fused-ring (bicyclic) bond motifs is 11. The van der Waals surface area contributed by atoms with E-state index in [1.165, 1.54) is 108 Å². The molecule has 72 heavy (non-hydrogen) atoms. The number of furan rings is 1. The van der Waals surface area contributed by atoms with Gasteiger partial charge in [-0.15, -0.1) is 0 Å². The van der Waals surface area contributed by atoms with Crippen LogP contribution >= 0.6 is 0 Å². The molecule has 0 bridgehead atoms. The predicted molar refractivity (Wildman–Crippen MR) is 310 cm³/mol. The van der Waals surface area contributed by atoms with E-state index in [9.17, 15) is 0 Å². The number of hydrogen-bond donors (Lipinski definition) is 0. The maximum atomic E-state index is 6.87. The van der Waals surface area contributed by atoms with E-state index in [0.29, 0.717) is 0 Å². The molecule has 1 aliphatic carbocycles.